The van der Waals surface area contributed by atoms with Gasteiger partial charge in [0, 0.05) is 28.8 Å². The average Bonchev–Trinajstić information content (AvgIpc) is 3.07. The van der Waals surface area contributed by atoms with Crippen molar-refractivity contribution in [3.8, 4) is 11.1 Å². The van der Waals surface area contributed by atoms with Crippen LogP contribution in [0.4, 0.5) is 17.5 Å². The number of benzene rings is 2. The molecule has 5 rings (SSSR count). The average molecular weight is 398 g/mol. The normalized spacial score (nSPS) is 14.6. The molecule has 1 heterocycles. The third-order valence-corrected chi connectivity index (χ3v) is 5.50. The Kier molecular flexibility index (Phi) is 4.46. The summed E-state index contributed by atoms with van der Waals surface area (Å²) in [5.41, 5.74) is 8.95. The Bertz CT molecular complexity index is 1140. The van der Waals surface area contributed by atoms with Crippen LogP contribution in [0, 0.1) is 0 Å². The molecular weight excluding hydrogens is 370 g/mol. The van der Waals surface area contributed by atoms with E-state index < -0.39 is 0 Å². The van der Waals surface area contributed by atoms with Gasteiger partial charge in [-0.3, -0.25) is 0 Å². The van der Waals surface area contributed by atoms with Gasteiger partial charge in [-0.05, 0) is 80.5 Å². The van der Waals surface area contributed by atoms with Crippen LogP contribution in [-0.4, -0.2) is 15.5 Å². The molecule has 0 spiro atoms. The summed E-state index contributed by atoms with van der Waals surface area (Å²) in [5, 5.41) is 10.4. The molecule has 0 amide bonds. The first-order valence-electron chi connectivity index (χ1n) is 10.5. The molecule has 5 heteroatoms. The maximum absolute atomic E-state index is 4.66. The molecule has 3 N–H and O–H groups in total. The van der Waals surface area contributed by atoms with Crippen molar-refractivity contribution in [1.82, 2.24) is 15.3 Å². The molecule has 2 aliphatic carbocycles. The molecule has 0 fully saturated rings. The molecule has 0 bridgehead atoms. The predicted molar refractivity (Wildman–Crippen MR) is 123 cm³/mol. The van der Waals surface area contributed by atoms with Crippen molar-refractivity contribution in [2.24, 2.45) is 0 Å². The smallest absolute Gasteiger partial charge is 0.229 e. The summed E-state index contributed by atoms with van der Waals surface area (Å²) < 4.78 is 0. The van der Waals surface area contributed by atoms with Gasteiger partial charge in [-0.25, -0.2) is 4.98 Å². The summed E-state index contributed by atoms with van der Waals surface area (Å²) >= 11 is 0. The number of nitrogens with one attached hydrogen (secondary N) is 3. The van der Waals surface area contributed by atoms with E-state index >= 15 is 0 Å². The second-order valence-corrected chi connectivity index (χ2v) is 9.05. The van der Waals surface area contributed by atoms with Gasteiger partial charge in [0.25, 0.3) is 0 Å². The van der Waals surface area contributed by atoms with E-state index in [1.807, 2.05) is 6.07 Å². The van der Waals surface area contributed by atoms with Gasteiger partial charge in [0.2, 0.25) is 5.95 Å². The summed E-state index contributed by atoms with van der Waals surface area (Å²) in [7, 11) is 0. The lowest BCUT2D eigenvalue weighted by Gasteiger charge is -2.32. The van der Waals surface area contributed by atoms with E-state index in [-0.39, 0.29) is 5.54 Å². The van der Waals surface area contributed by atoms with Crippen LogP contribution in [0.2, 0.25) is 0 Å². The first-order chi connectivity index (χ1) is 14.4. The second-order valence-electron chi connectivity index (χ2n) is 9.05. The van der Waals surface area contributed by atoms with Crippen LogP contribution >= 0.6 is 0 Å². The minimum Gasteiger partial charge on any atom is -0.382 e. The molecule has 0 saturated carbocycles. The van der Waals surface area contributed by atoms with Crippen molar-refractivity contribution in [2.75, 3.05) is 10.6 Å². The van der Waals surface area contributed by atoms with E-state index in [0.29, 0.717) is 5.95 Å². The fraction of sp³-hybridized carbons (Fsp3) is 0.280. The molecule has 152 valence electrons. The predicted octanol–water partition coefficient (Wildman–Crippen LogP) is 5.60. The zero-order valence-electron chi connectivity index (χ0n) is 17.7. The van der Waals surface area contributed by atoms with Crippen molar-refractivity contribution in [3.63, 3.8) is 0 Å². The molecule has 2 aliphatic rings. The van der Waals surface area contributed by atoms with Crippen LogP contribution in [0.15, 0.2) is 66.1 Å². The standard InChI is InChI=1S/C25H27N5/c1-25(2,3)30-22-11-10-21(22)28-23-12-13-26-24(29-23)27-18-8-9-20-17(15-18)14-16-6-4-5-7-19(16)20/h4-9,12-13,15,30H,10-11,14H2,1-3H3,(H2,26,27,28,29). The van der Waals surface area contributed by atoms with E-state index in [1.54, 1.807) is 6.20 Å². The summed E-state index contributed by atoms with van der Waals surface area (Å²) in [5.74, 6) is 1.41. The number of fused-ring (bicyclic) bond motifs is 3. The Morgan fingerprint density at radius 3 is 2.43 bits per heavy atom. The van der Waals surface area contributed by atoms with Gasteiger partial charge in [-0.15, -0.1) is 0 Å². The maximum atomic E-state index is 4.66. The maximum Gasteiger partial charge on any atom is 0.229 e. The minimum absolute atomic E-state index is 0.0638. The molecule has 30 heavy (non-hydrogen) atoms. The Labute approximate surface area is 177 Å². The third-order valence-electron chi connectivity index (χ3n) is 5.50. The van der Waals surface area contributed by atoms with Crippen molar-refractivity contribution < 1.29 is 0 Å². The highest BCUT2D eigenvalue weighted by Gasteiger charge is 2.22. The summed E-state index contributed by atoms with van der Waals surface area (Å²) in [4.78, 5) is 9.06. The van der Waals surface area contributed by atoms with Gasteiger partial charge >= 0.3 is 0 Å². The molecule has 1 aromatic heterocycles. The van der Waals surface area contributed by atoms with E-state index in [1.165, 1.54) is 33.6 Å². The highest BCUT2D eigenvalue weighted by atomic mass is 15.1. The summed E-state index contributed by atoms with van der Waals surface area (Å²) in [6, 6.07) is 17.0. The molecular formula is C25H27N5. The van der Waals surface area contributed by atoms with E-state index in [4.69, 9.17) is 0 Å². The number of anilines is 3. The van der Waals surface area contributed by atoms with Crippen LogP contribution in [0.1, 0.15) is 44.7 Å². The Balaban J connectivity index is 1.31. The molecule has 0 radical (unpaired) electrons. The highest BCUT2D eigenvalue weighted by molar-refractivity contribution is 5.79. The van der Waals surface area contributed by atoms with Crippen molar-refractivity contribution in [3.05, 3.63) is 77.2 Å². The Morgan fingerprint density at radius 2 is 1.63 bits per heavy atom. The first-order valence-corrected chi connectivity index (χ1v) is 10.5. The topological polar surface area (TPSA) is 61.9 Å². The number of hydrogen-bond donors (Lipinski definition) is 3. The summed E-state index contributed by atoms with van der Waals surface area (Å²) in [6.07, 6.45) is 4.88. The van der Waals surface area contributed by atoms with Crippen LogP contribution in [0.3, 0.4) is 0 Å². The van der Waals surface area contributed by atoms with Crippen LogP contribution in [0.25, 0.3) is 11.1 Å². The first kappa shape index (κ1) is 18.7. The van der Waals surface area contributed by atoms with Gasteiger partial charge in [0.15, 0.2) is 0 Å². The minimum atomic E-state index is 0.0638. The van der Waals surface area contributed by atoms with Gasteiger partial charge in [-0.1, -0.05) is 30.3 Å². The zero-order chi connectivity index (χ0) is 20.7. The van der Waals surface area contributed by atoms with Crippen LogP contribution < -0.4 is 16.0 Å². The van der Waals surface area contributed by atoms with Crippen LogP contribution in [-0.2, 0) is 6.42 Å². The van der Waals surface area contributed by atoms with Crippen LogP contribution in [0.5, 0.6) is 0 Å². The number of aromatic nitrogens is 2. The monoisotopic (exact) mass is 397 g/mol. The molecule has 3 aromatic rings. The number of rotatable bonds is 5. The molecule has 0 saturated heterocycles. The highest BCUT2D eigenvalue weighted by Crippen LogP contribution is 2.38. The number of nitrogens with zero attached hydrogens (tertiary/aromatic N) is 2. The fourth-order valence-electron chi connectivity index (χ4n) is 4.10. The molecule has 2 aromatic carbocycles. The van der Waals surface area contributed by atoms with E-state index in [2.05, 4.69) is 89.2 Å². The quantitative estimate of drug-likeness (QED) is 0.409. The number of hydrogen-bond acceptors (Lipinski definition) is 5. The van der Waals surface area contributed by atoms with Crippen molar-refractivity contribution >= 4 is 17.5 Å². The summed E-state index contributed by atoms with van der Waals surface area (Å²) in [6.45, 7) is 6.54. The van der Waals surface area contributed by atoms with E-state index in [9.17, 15) is 0 Å². The van der Waals surface area contributed by atoms with Gasteiger partial charge in [0.05, 0.1) is 0 Å². The van der Waals surface area contributed by atoms with E-state index in [0.717, 1.165) is 30.8 Å². The molecule has 5 nitrogen and oxygen atoms in total. The lowest BCUT2D eigenvalue weighted by atomic mass is 9.97. The second kappa shape index (κ2) is 7.17. The van der Waals surface area contributed by atoms with Crippen molar-refractivity contribution in [2.45, 2.75) is 45.6 Å². The Morgan fingerprint density at radius 1 is 0.833 bits per heavy atom. The fourth-order valence-corrected chi connectivity index (χ4v) is 4.10. The Hall–Kier alpha value is -3.34. The van der Waals surface area contributed by atoms with Gasteiger partial charge < -0.3 is 16.0 Å². The van der Waals surface area contributed by atoms with Crippen molar-refractivity contribution in [1.29, 1.82) is 0 Å². The third kappa shape index (κ3) is 3.75. The SMILES string of the molecule is CC(C)(C)NC1=C(Nc2ccnc(Nc3ccc4c(c3)Cc3ccccc3-4)n2)CC1. The molecule has 0 unspecified atom stereocenters. The molecule has 0 aliphatic heterocycles. The molecule has 0 atom stereocenters. The zero-order valence-corrected chi connectivity index (χ0v) is 17.7. The lowest BCUT2D eigenvalue weighted by Crippen LogP contribution is -2.38. The van der Waals surface area contributed by atoms with Gasteiger partial charge in [0.1, 0.15) is 5.82 Å². The largest absolute Gasteiger partial charge is 0.382 e. The number of allylic oxidation sites excluding steroid dienone is 2. The lowest BCUT2D eigenvalue weighted by molar-refractivity contribution is 0.446. The van der Waals surface area contributed by atoms with Gasteiger partial charge in [-0.2, -0.15) is 4.98 Å².